The monoisotopic (exact) mass is 262 g/mol. The Morgan fingerprint density at radius 1 is 1.33 bits per heavy atom. The molecule has 2 aromatic rings. The first kappa shape index (κ1) is 12.3. The van der Waals surface area contributed by atoms with Gasteiger partial charge in [0.25, 0.3) is 5.91 Å². The lowest BCUT2D eigenvalue weighted by Gasteiger charge is -2.06. The quantitative estimate of drug-likeness (QED) is 0.892. The summed E-state index contributed by atoms with van der Waals surface area (Å²) in [6.07, 6.45) is 4.67. The van der Waals surface area contributed by atoms with Crippen molar-refractivity contribution in [1.82, 2.24) is 9.97 Å². The highest BCUT2D eigenvalue weighted by Gasteiger charge is 2.09. The van der Waals surface area contributed by atoms with Crippen LogP contribution < -0.4 is 10.6 Å². The number of carbonyl (C=O) groups excluding carboxylic acids is 1. The highest BCUT2D eigenvalue weighted by atomic mass is 35.5. The van der Waals surface area contributed by atoms with E-state index in [9.17, 15) is 4.79 Å². The zero-order chi connectivity index (χ0) is 13.0. The molecular weight excluding hydrogens is 252 g/mol. The van der Waals surface area contributed by atoms with Crippen molar-refractivity contribution in [2.24, 2.45) is 0 Å². The van der Waals surface area contributed by atoms with E-state index in [0.29, 0.717) is 22.1 Å². The van der Waals surface area contributed by atoms with Crippen LogP contribution in [0.1, 0.15) is 10.4 Å². The summed E-state index contributed by atoms with van der Waals surface area (Å²) in [6.45, 7) is 0. The number of nitrogens with one attached hydrogen (secondary N) is 2. The van der Waals surface area contributed by atoms with E-state index >= 15 is 0 Å². The lowest BCUT2D eigenvalue weighted by atomic mass is 10.2. The van der Waals surface area contributed by atoms with Gasteiger partial charge in [0.2, 0.25) is 0 Å². The molecule has 0 saturated heterocycles. The zero-order valence-electron chi connectivity index (χ0n) is 9.64. The molecule has 0 bridgehead atoms. The van der Waals surface area contributed by atoms with Crippen LogP contribution in [0.2, 0.25) is 5.02 Å². The second-order valence-electron chi connectivity index (χ2n) is 3.49. The van der Waals surface area contributed by atoms with Crippen LogP contribution >= 0.6 is 11.6 Å². The summed E-state index contributed by atoms with van der Waals surface area (Å²) in [5, 5.41) is 5.96. The Kier molecular flexibility index (Phi) is 3.74. The first-order valence-electron chi connectivity index (χ1n) is 5.25. The van der Waals surface area contributed by atoms with Crippen LogP contribution in [0.25, 0.3) is 0 Å². The highest BCUT2D eigenvalue weighted by Crippen LogP contribution is 2.20. The van der Waals surface area contributed by atoms with Gasteiger partial charge in [-0.2, -0.15) is 0 Å². The van der Waals surface area contributed by atoms with Crippen LogP contribution in [-0.4, -0.2) is 22.9 Å². The minimum Gasteiger partial charge on any atom is -0.372 e. The summed E-state index contributed by atoms with van der Waals surface area (Å²) in [6, 6.07) is 4.97. The third-order valence-corrected chi connectivity index (χ3v) is 2.57. The van der Waals surface area contributed by atoms with Crippen molar-refractivity contribution in [3.05, 3.63) is 47.4 Å². The van der Waals surface area contributed by atoms with E-state index in [2.05, 4.69) is 20.6 Å². The van der Waals surface area contributed by atoms with E-state index in [1.807, 2.05) is 0 Å². The molecule has 0 fully saturated rings. The van der Waals surface area contributed by atoms with Gasteiger partial charge in [-0.15, -0.1) is 0 Å². The maximum atomic E-state index is 11.9. The first-order chi connectivity index (χ1) is 8.70. The van der Waals surface area contributed by atoms with Gasteiger partial charge in [0.05, 0.1) is 10.6 Å². The highest BCUT2D eigenvalue weighted by molar-refractivity contribution is 6.33. The molecule has 0 spiro atoms. The number of rotatable bonds is 3. The summed E-state index contributed by atoms with van der Waals surface area (Å²) in [4.78, 5) is 19.8. The number of pyridine rings is 2. The van der Waals surface area contributed by atoms with Crippen molar-refractivity contribution in [2.75, 3.05) is 17.7 Å². The fourth-order valence-corrected chi connectivity index (χ4v) is 1.65. The van der Waals surface area contributed by atoms with Crippen molar-refractivity contribution in [3.8, 4) is 0 Å². The Morgan fingerprint density at radius 2 is 2.06 bits per heavy atom. The third-order valence-electron chi connectivity index (χ3n) is 2.28. The molecule has 0 unspecified atom stereocenters. The molecule has 2 heterocycles. The third kappa shape index (κ3) is 2.75. The number of halogens is 1. The summed E-state index contributed by atoms with van der Waals surface area (Å²) in [7, 11) is 1.71. The van der Waals surface area contributed by atoms with E-state index in [0.717, 1.165) is 0 Å². The van der Waals surface area contributed by atoms with E-state index in [1.165, 1.54) is 6.20 Å². The summed E-state index contributed by atoms with van der Waals surface area (Å²) >= 11 is 5.96. The molecule has 92 valence electrons. The molecule has 0 atom stereocenters. The van der Waals surface area contributed by atoms with Crippen LogP contribution in [0.4, 0.5) is 11.5 Å². The zero-order valence-corrected chi connectivity index (χ0v) is 10.4. The van der Waals surface area contributed by atoms with E-state index < -0.39 is 0 Å². The normalized spacial score (nSPS) is 9.89. The Balaban J connectivity index is 2.17. The molecule has 0 aliphatic carbocycles. The maximum Gasteiger partial charge on any atom is 0.257 e. The molecule has 18 heavy (non-hydrogen) atoms. The molecule has 6 heteroatoms. The number of hydrogen-bond donors (Lipinski definition) is 2. The van der Waals surface area contributed by atoms with Crippen LogP contribution in [0, 0.1) is 0 Å². The molecule has 0 saturated carbocycles. The topological polar surface area (TPSA) is 66.9 Å². The largest absolute Gasteiger partial charge is 0.372 e. The Labute approximate surface area is 109 Å². The summed E-state index contributed by atoms with van der Waals surface area (Å²) in [5.41, 5.74) is 1.07. The Morgan fingerprint density at radius 3 is 2.67 bits per heavy atom. The minimum absolute atomic E-state index is 0.266. The predicted molar refractivity (Wildman–Crippen MR) is 71.0 cm³/mol. The molecule has 1 amide bonds. The number of anilines is 2. The lowest BCUT2D eigenvalue weighted by molar-refractivity contribution is 0.102. The summed E-state index contributed by atoms with van der Waals surface area (Å²) in [5.74, 6) is 0.274. The first-order valence-corrected chi connectivity index (χ1v) is 5.63. The Hall–Kier alpha value is -2.14. The number of nitrogens with zero attached hydrogens (tertiary/aromatic N) is 2. The standard InChI is InChI=1S/C12H11ClN4O/c1-14-11-10(13)6-8(7-16-11)12(18)17-9-2-4-15-5-3-9/h2-7H,1H3,(H,14,16)(H,15,17,18). The van der Waals surface area contributed by atoms with Crippen LogP contribution in [0.5, 0.6) is 0 Å². The number of aromatic nitrogens is 2. The second-order valence-corrected chi connectivity index (χ2v) is 3.90. The Bertz CT molecular complexity index is 559. The SMILES string of the molecule is CNc1ncc(C(=O)Nc2ccncc2)cc1Cl. The minimum atomic E-state index is -0.266. The van der Waals surface area contributed by atoms with Gasteiger partial charge in [-0.25, -0.2) is 4.98 Å². The lowest BCUT2D eigenvalue weighted by Crippen LogP contribution is -2.12. The molecule has 2 N–H and O–H groups in total. The molecule has 0 aliphatic rings. The molecular formula is C12H11ClN4O. The predicted octanol–water partition coefficient (Wildman–Crippen LogP) is 2.42. The van der Waals surface area contributed by atoms with Gasteiger partial charge < -0.3 is 10.6 Å². The van der Waals surface area contributed by atoms with Gasteiger partial charge in [-0.05, 0) is 18.2 Å². The van der Waals surface area contributed by atoms with Gasteiger partial charge in [0.15, 0.2) is 0 Å². The van der Waals surface area contributed by atoms with Gasteiger partial charge in [-0.3, -0.25) is 9.78 Å². The van der Waals surface area contributed by atoms with Crippen molar-refractivity contribution in [3.63, 3.8) is 0 Å². The average molecular weight is 263 g/mol. The number of amides is 1. The van der Waals surface area contributed by atoms with Crippen molar-refractivity contribution < 1.29 is 4.79 Å². The van der Waals surface area contributed by atoms with E-state index in [-0.39, 0.29) is 5.91 Å². The second kappa shape index (κ2) is 5.46. The smallest absolute Gasteiger partial charge is 0.257 e. The van der Waals surface area contributed by atoms with Crippen molar-refractivity contribution >= 4 is 29.0 Å². The molecule has 0 aliphatic heterocycles. The number of carbonyl (C=O) groups is 1. The van der Waals surface area contributed by atoms with Gasteiger partial charge in [0.1, 0.15) is 5.82 Å². The van der Waals surface area contributed by atoms with Crippen molar-refractivity contribution in [2.45, 2.75) is 0 Å². The summed E-state index contributed by atoms with van der Waals surface area (Å²) < 4.78 is 0. The fraction of sp³-hybridized carbons (Fsp3) is 0.0833. The van der Waals surface area contributed by atoms with Crippen molar-refractivity contribution in [1.29, 1.82) is 0 Å². The van der Waals surface area contributed by atoms with Crippen LogP contribution in [0.3, 0.4) is 0 Å². The molecule has 2 aromatic heterocycles. The van der Waals surface area contributed by atoms with E-state index in [1.54, 1.807) is 37.6 Å². The fourth-order valence-electron chi connectivity index (χ4n) is 1.38. The molecule has 0 radical (unpaired) electrons. The van der Waals surface area contributed by atoms with E-state index in [4.69, 9.17) is 11.6 Å². The van der Waals surface area contributed by atoms with Gasteiger partial charge in [-0.1, -0.05) is 11.6 Å². The molecule has 0 aromatic carbocycles. The molecule has 2 rings (SSSR count). The van der Waals surface area contributed by atoms with Gasteiger partial charge in [0, 0.05) is 31.3 Å². The van der Waals surface area contributed by atoms with Gasteiger partial charge >= 0.3 is 0 Å². The maximum absolute atomic E-state index is 11.9. The van der Waals surface area contributed by atoms with Crippen LogP contribution in [0.15, 0.2) is 36.8 Å². The molecule has 5 nitrogen and oxygen atoms in total. The average Bonchev–Trinajstić information content (AvgIpc) is 2.39. The van der Waals surface area contributed by atoms with Crippen LogP contribution in [-0.2, 0) is 0 Å². The number of hydrogen-bond acceptors (Lipinski definition) is 4.